The van der Waals surface area contributed by atoms with Crippen molar-refractivity contribution in [1.82, 2.24) is 10.2 Å². The van der Waals surface area contributed by atoms with Crippen LogP contribution in [0.1, 0.15) is 5.56 Å². The third-order valence-corrected chi connectivity index (χ3v) is 4.14. The Morgan fingerprint density at radius 1 is 1.21 bits per heavy atom. The molecule has 1 fully saturated rings. The largest absolute Gasteiger partial charge is 0.481 e. The summed E-state index contributed by atoms with van der Waals surface area (Å²) in [5.74, 6) is -5.80. The number of benzene rings is 1. The molecule has 6 nitrogen and oxygen atoms in total. The molecule has 1 heterocycles. The summed E-state index contributed by atoms with van der Waals surface area (Å²) in [6.07, 6.45) is -4.66. The molecule has 0 radical (unpaired) electrons. The quantitative estimate of drug-likeness (QED) is 0.647. The van der Waals surface area contributed by atoms with E-state index in [0.29, 0.717) is 5.56 Å². The van der Waals surface area contributed by atoms with Crippen LogP contribution in [0.4, 0.5) is 22.0 Å². The van der Waals surface area contributed by atoms with E-state index in [1.807, 2.05) is 0 Å². The molecule has 1 amide bonds. The summed E-state index contributed by atoms with van der Waals surface area (Å²) >= 11 is 0. The van der Waals surface area contributed by atoms with E-state index in [1.165, 1.54) is 24.3 Å². The van der Waals surface area contributed by atoms with Crippen LogP contribution in [-0.2, 0) is 16.1 Å². The number of carboxylic acid groups (broad SMARTS) is 1. The number of hydrogen-bond donors (Lipinski definition) is 2. The molecule has 1 saturated heterocycles. The van der Waals surface area contributed by atoms with Gasteiger partial charge in [0.1, 0.15) is 5.75 Å². The minimum absolute atomic E-state index is 0. The zero-order valence-corrected chi connectivity index (χ0v) is 15.1. The number of likely N-dealkylation sites (tertiary alicyclic amines) is 1. The van der Waals surface area contributed by atoms with Crippen LogP contribution < -0.4 is 10.1 Å². The molecule has 0 saturated carbocycles. The van der Waals surface area contributed by atoms with Crippen molar-refractivity contribution in [2.45, 2.75) is 19.3 Å². The van der Waals surface area contributed by atoms with Gasteiger partial charge in [0.05, 0.1) is 18.4 Å². The first-order valence-corrected chi connectivity index (χ1v) is 7.88. The molecule has 158 valence electrons. The van der Waals surface area contributed by atoms with Crippen molar-refractivity contribution in [3.63, 3.8) is 0 Å². The lowest BCUT2D eigenvalue weighted by Gasteiger charge is -2.18. The predicted octanol–water partition coefficient (Wildman–Crippen LogP) is 2.52. The Labute approximate surface area is 163 Å². The minimum atomic E-state index is -4.66. The first-order valence-electron chi connectivity index (χ1n) is 7.88. The lowest BCUT2D eigenvalue weighted by atomic mass is 9.96. The summed E-state index contributed by atoms with van der Waals surface area (Å²) in [6, 6.07) is 5.49. The van der Waals surface area contributed by atoms with E-state index >= 15 is 0 Å². The Morgan fingerprint density at radius 3 is 2.29 bits per heavy atom. The van der Waals surface area contributed by atoms with E-state index in [1.54, 1.807) is 0 Å². The number of ether oxygens (including phenoxy) is 1. The van der Waals surface area contributed by atoms with E-state index in [4.69, 9.17) is 5.11 Å². The fraction of sp³-hybridized carbons (Fsp3) is 0.500. The number of amides is 1. The van der Waals surface area contributed by atoms with Crippen LogP contribution in [0.25, 0.3) is 0 Å². The van der Waals surface area contributed by atoms with E-state index in [0.717, 1.165) is 4.90 Å². The van der Waals surface area contributed by atoms with Gasteiger partial charge in [-0.3, -0.25) is 14.5 Å². The molecule has 0 unspecified atom stereocenters. The normalized spacial score (nSPS) is 19.9. The summed E-state index contributed by atoms with van der Waals surface area (Å²) in [5.41, 5.74) is 0.572. The van der Waals surface area contributed by atoms with Crippen molar-refractivity contribution in [2.75, 3.05) is 19.6 Å². The molecule has 28 heavy (non-hydrogen) atoms. The summed E-state index contributed by atoms with van der Waals surface area (Å²) in [6.45, 7) is -4.22. The number of aliphatic carboxylic acids is 1. The monoisotopic (exact) mass is 432 g/mol. The highest BCUT2D eigenvalue weighted by Crippen LogP contribution is 2.37. The number of nitrogens with zero attached hydrogens (tertiary/aromatic N) is 1. The van der Waals surface area contributed by atoms with Crippen molar-refractivity contribution < 1.29 is 41.4 Å². The SMILES string of the molecule is Cl.O=C(CN1C[C@@H](C(F)(F)F)[C@H](C(=O)O)C1)NCc1ccc(OC(F)F)cc1. The molecule has 0 spiro atoms. The van der Waals surface area contributed by atoms with Crippen LogP contribution in [-0.4, -0.2) is 54.3 Å². The highest BCUT2D eigenvalue weighted by atomic mass is 35.5. The van der Waals surface area contributed by atoms with E-state index < -0.39 is 43.0 Å². The number of hydrogen-bond acceptors (Lipinski definition) is 4. The summed E-state index contributed by atoms with van der Waals surface area (Å²) in [4.78, 5) is 24.1. The minimum Gasteiger partial charge on any atom is -0.481 e. The number of carbonyl (C=O) groups excluding carboxylic acids is 1. The van der Waals surface area contributed by atoms with Crippen LogP contribution >= 0.6 is 12.4 Å². The number of halogens is 6. The fourth-order valence-electron chi connectivity index (χ4n) is 2.84. The van der Waals surface area contributed by atoms with Gasteiger partial charge in [-0.1, -0.05) is 12.1 Å². The third-order valence-electron chi connectivity index (χ3n) is 4.14. The van der Waals surface area contributed by atoms with Crippen molar-refractivity contribution in [3.05, 3.63) is 29.8 Å². The maximum atomic E-state index is 12.9. The molecule has 2 N–H and O–H groups in total. The fourth-order valence-corrected chi connectivity index (χ4v) is 2.84. The molecule has 0 aliphatic carbocycles. The Kier molecular flexibility index (Phi) is 8.43. The maximum absolute atomic E-state index is 12.9. The van der Waals surface area contributed by atoms with E-state index in [9.17, 15) is 31.5 Å². The van der Waals surface area contributed by atoms with E-state index in [2.05, 4.69) is 10.1 Å². The van der Waals surface area contributed by atoms with Crippen LogP contribution in [0.2, 0.25) is 0 Å². The highest BCUT2D eigenvalue weighted by Gasteiger charge is 2.52. The first-order chi connectivity index (χ1) is 12.6. The van der Waals surface area contributed by atoms with Gasteiger partial charge < -0.3 is 15.2 Å². The van der Waals surface area contributed by atoms with Gasteiger partial charge in [-0.2, -0.15) is 22.0 Å². The Hall–Kier alpha value is -2.14. The lowest BCUT2D eigenvalue weighted by molar-refractivity contribution is -0.188. The van der Waals surface area contributed by atoms with Gasteiger partial charge in [-0.15, -0.1) is 12.4 Å². The summed E-state index contributed by atoms with van der Waals surface area (Å²) < 4.78 is 67.0. The second kappa shape index (κ2) is 9.87. The van der Waals surface area contributed by atoms with Gasteiger partial charge in [0.25, 0.3) is 0 Å². The molecule has 0 bridgehead atoms. The van der Waals surface area contributed by atoms with Gasteiger partial charge in [-0.05, 0) is 17.7 Å². The van der Waals surface area contributed by atoms with Gasteiger partial charge in [0.2, 0.25) is 5.91 Å². The molecule has 2 atom stereocenters. The van der Waals surface area contributed by atoms with Crippen molar-refractivity contribution in [3.8, 4) is 5.75 Å². The van der Waals surface area contributed by atoms with Crippen molar-refractivity contribution >= 4 is 24.3 Å². The zero-order valence-electron chi connectivity index (χ0n) is 14.3. The average Bonchev–Trinajstić information content (AvgIpc) is 2.98. The highest BCUT2D eigenvalue weighted by molar-refractivity contribution is 5.85. The second-order valence-corrected chi connectivity index (χ2v) is 6.09. The second-order valence-electron chi connectivity index (χ2n) is 6.09. The van der Waals surface area contributed by atoms with Gasteiger partial charge >= 0.3 is 18.8 Å². The number of rotatable bonds is 7. The third kappa shape index (κ3) is 6.79. The Morgan fingerprint density at radius 2 is 1.82 bits per heavy atom. The number of carbonyl (C=O) groups is 2. The molecule has 1 aliphatic heterocycles. The van der Waals surface area contributed by atoms with Gasteiger partial charge in [-0.25, -0.2) is 0 Å². The average molecular weight is 433 g/mol. The van der Waals surface area contributed by atoms with Crippen LogP contribution in [0.3, 0.4) is 0 Å². The Balaban J connectivity index is 0.00000392. The standard InChI is InChI=1S/C16H17F5N2O4.ClH/c17-15(18)27-10-3-1-9(2-4-10)5-22-13(24)8-23-6-11(14(25)26)12(7-23)16(19,20)21;/h1-4,11-12,15H,5-8H2,(H,22,24)(H,25,26);1H/t11-,12-;/m1./s1. The van der Waals surface area contributed by atoms with Crippen LogP contribution in [0, 0.1) is 11.8 Å². The molecular weight excluding hydrogens is 415 g/mol. The summed E-state index contributed by atoms with van der Waals surface area (Å²) in [5, 5.41) is 11.4. The van der Waals surface area contributed by atoms with Gasteiger partial charge in [0, 0.05) is 19.6 Å². The summed E-state index contributed by atoms with van der Waals surface area (Å²) in [7, 11) is 0. The number of alkyl halides is 5. The van der Waals surface area contributed by atoms with E-state index in [-0.39, 0.29) is 37.8 Å². The smallest absolute Gasteiger partial charge is 0.393 e. The molecule has 2 rings (SSSR count). The molecule has 1 aliphatic rings. The molecule has 1 aromatic carbocycles. The van der Waals surface area contributed by atoms with Gasteiger partial charge in [0.15, 0.2) is 0 Å². The predicted molar refractivity (Wildman–Crippen MR) is 89.3 cm³/mol. The zero-order chi connectivity index (χ0) is 20.2. The Bertz CT molecular complexity index is 672. The lowest BCUT2D eigenvalue weighted by Crippen LogP contribution is -2.36. The van der Waals surface area contributed by atoms with Crippen molar-refractivity contribution in [2.24, 2.45) is 11.8 Å². The van der Waals surface area contributed by atoms with Crippen LogP contribution in [0.15, 0.2) is 24.3 Å². The topological polar surface area (TPSA) is 78.9 Å². The molecule has 12 heteroatoms. The van der Waals surface area contributed by atoms with Crippen molar-refractivity contribution in [1.29, 1.82) is 0 Å². The molecule has 0 aromatic heterocycles. The molecular formula is C16H18ClF5N2O4. The number of carboxylic acids is 1. The first kappa shape index (κ1) is 23.9. The maximum Gasteiger partial charge on any atom is 0.393 e. The number of nitrogens with one attached hydrogen (secondary N) is 1. The molecule has 1 aromatic rings. The van der Waals surface area contributed by atoms with Crippen LogP contribution in [0.5, 0.6) is 5.75 Å².